The van der Waals surface area contributed by atoms with Gasteiger partial charge < -0.3 is 19.3 Å². The topological polar surface area (TPSA) is 73.6 Å². The van der Waals surface area contributed by atoms with Crippen molar-refractivity contribution < 1.29 is 18.8 Å². The molecule has 1 aromatic carbocycles. The fourth-order valence-electron chi connectivity index (χ4n) is 2.02. The van der Waals surface area contributed by atoms with Crippen LogP contribution in [-0.4, -0.2) is 17.7 Å². The average molecular weight is 274 g/mol. The van der Waals surface area contributed by atoms with Gasteiger partial charge in [0.1, 0.15) is 23.9 Å². The number of benzene rings is 1. The van der Waals surface area contributed by atoms with Crippen LogP contribution < -0.4 is 14.8 Å². The van der Waals surface area contributed by atoms with Crippen molar-refractivity contribution in [3.63, 3.8) is 0 Å². The molecule has 0 spiro atoms. The Labute approximate surface area is 115 Å². The van der Waals surface area contributed by atoms with E-state index in [2.05, 4.69) is 10.5 Å². The van der Waals surface area contributed by atoms with E-state index in [1.807, 2.05) is 13.8 Å². The number of nitrogens with zero attached hydrogens (tertiary/aromatic N) is 1. The number of hydrogen-bond acceptors (Lipinski definition) is 5. The molecule has 104 valence electrons. The Morgan fingerprint density at radius 1 is 1.40 bits per heavy atom. The van der Waals surface area contributed by atoms with Crippen molar-refractivity contribution in [2.75, 3.05) is 11.9 Å². The number of hydrogen-bond donors (Lipinski definition) is 1. The molecular formula is C14H14N2O4. The van der Waals surface area contributed by atoms with E-state index in [-0.39, 0.29) is 12.5 Å². The van der Waals surface area contributed by atoms with Gasteiger partial charge in [-0.15, -0.1) is 0 Å². The molecule has 0 fully saturated rings. The van der Waals surface area contributed by atoms with E-state index >= 15 is 0 Å². The van der Waals surface area contributed by atoms with Crippen molar-refractivity contribution in [2.24, 2.45) is 0 Å². The predicted molar refractivity (Wildman–Crippen MR) is 70.9 cm³/mol. The molecule has 1 aliphatic heterocycles. The summed E-state index contributed by atoms with van der Waals surface area (Å²) in [4.78, 5) is 11.3. The zero-order valence-corrected chi connectivity index (χ0v) is 11.2. The van der Waals surface area contributed by atoms with Crippen LogP contribution in [0.15, 0.2) is 22.7 Å². The van der Waals surface area contributed by atoms with Crippen molar-refractivity contribution >= 4 is 11.6 Å². The summed E-state index contributed by atoms with van der Waals surface area (Å²) in [7, 11) is 0. The Morgan fingerprint density at radius 3 is 3.00 bits per heavy atom. The summed E-state index contributed by atoms with van der Waals surface area (Å²) in [5.41, 5.74) is 2.37. The van der Waals surface area contributed by atoms with Crippen LogP contribution in [0.3, 0.4) is 0 Å². The summed E-state index contributed by atoms with van der Waals surface area (Å²) < 4.78 is 16.1. The molecule has 0 saturated carbocycles. The lowest BCUT2D eigenvalue weighted by Crippen LogP contribution is -2.25. The van der Waals surface area contributed by atoms with Crippen molar-refractivity contribution in [1.82, 2.24) is 5.16 Å². The average Bonchev–Trinajstić information content (AvgIpc) is 2.75. The molecule has 6 heteroatoms. The minimum absolute atomic E-state index is 0.0479. The SMILES string of the molecule is Cc1noc(C)c1COc1ccc2c(c1)NC(=O)CO2. The van der Waals surface area contributed by atoms with Crippen molar-refractivity contribution in [1.29, 1.82) is 0 Å². The number of nitrogens with one attached hydrogen (secondary N) is 1. The van der Waals surface area contributed by atoms with Crippen LogP contribution >= 0.6 is 0 Å². The second-order valence-electron chi connectivity index (χ2n) is 4.59. The third-order valence-electron chi connectivity index (χ3n) is 3.15. The highest BCUT2D eigenvalue weighted by Gasteiger charge is 2.16. The number of carbonyl (C=O) groups excluding carboxylic acids is 1. The lowest BCUT2D eigenvalue weighted by Gasteiger charge is -2.18. The molecule has 0 atom stereocenters. The van der Waals surface area contributed by atoms with E-state index in [9.17, 15) is 4.79 Å². The molecule has 1 amide bonds. The number of aromatic nitrogens is 1. The van der Waals surface area contributed by atoms with E-state index in [0.717, 1.165) is 17.0 Å². The molecule has 3 rings (SSSR count). The zero-order chi connectivity index (χ0) is 14.1. The van der Waals surface area contributed by atoms with Gasteiger partial charge in [-0.05, 0) is 26.0 Å². The van der Waals surface area contributed by atoms with Gasteiger partial charge in [-0.1, -0.05) is 5.16 Å². The van der Waals surface area contributed by atoms with E-state index in [4.69, 9.17) is 14.0 Å². The van der Waals surface area contributed by atoms with Gasteiger partial charge in [-0.2, -0.15) is 0 Å². The normalized spacial score (nSPS) is 13.4. The van der Waals surface area contributed by atoms with E-state index in [0.29, 0.717) is 23.8 Å². The van der Waals surface area contributed by atoms with E-state index in [1.54, 1.807) is 18.2 Å². The first kappa shape index (κ1) is 12.5. The third-order valence-corrected chi connectivity index (χ3v) is 3.15. The molecule has 0 unspecified atom stereocenters. The summed E-state index contributed by atoms with van der Waals surface area (Å²) in [6.45, 7) is 4.14. The van der Waals surface area contributed by atoms with E-state index in [1.165, 1.54) is 0 Å². The summed E-state index contributed by atoms with van der Waals surface area (Å²) in [5.74, 6) is 1.88. The van der Waals surface area contributed by atoms with Gasteiger partial charge in [-0.25, -0.2) is 0 Å². The maximum atomic E-state index is 11.3. The Hall–Kier alpha value is -2.50. The van der Waals surface area contributed by atoms with Crippen molar-refractivity contribution in [2.45, 2.75) is 20.5 Å². The van der Waals surface area contributed by atoms with Gasteiger partial charge in [0.25, 0.3) is 5.91 Å². The number of carbonyl (C=O) groups is 1. The molecule has 2 heterocycles. The smallest absolute Gasteiger partial charge is 0.262 e. The Balaban J connectivity index is 1.75. The lowest BCUT2D eigenvalue weighted by molar-refractivity contribution is -0.118. The molecule has 1 N–H and O–H groups in total. The number of amides is 1. The van der Waals surface area contributed by atoms with Crippen molar-refractivity contribution in [3.05, 3.63) is 35.2 Å². The largest absolute Gasteiger partial charge is 0.489 e. The maximum Gasteiger partial charge on any atom is 0.262 e. The standard InChI is InChI=1S/C14H14N2O4/c1-8-11(9(2)20-16-8)6-18-10-3-4-13-12(5-10)15-14(17)7-19-13/h3-5H,6-7H2,1-2H3,(H,15,17). The van der Waals surface area contributed by atoms with Crippen LogP contribution in [0.1, 0.15) is 17.0 Å². The molecular weight excluding hydrogens is 260 g/mol. The first-order chi connectivity index (χ1) is 9.63. The molecule has 2 aromatic rings. The first-order valence-electron chi connectivity index (χ1n) is 6.25. The van der Waals surface area contributed by atoms with Crippen LogP contribution in [0.2, 0.25) is 0 Å². The van der Waals surface area contributed by atoms with Crippen molar-refractivity contribution in [3.8, 4) is 11.5 Å². The zero-order valence-electron chi connectivity index (χ0n) is 11.2. The molecule has 0 radical (unpaired) electrons. The highest BCUT2D eigenvalue weighted by molar-refractivity contribution is 5.95. The Bertz CT molecular complexity index is 644. The number of fused-ring (bicyclic) bond motifs is 1. The predicted octanol–water partition coefficient (Wildman–Crippen LogP) is 2.20. The lowest BCUT2D eigenvalue weighted by atomic mass is 10.2. The molecule has 20 heavy (non-hydrogen) atoms. The molecule has 0 saturated heterocycles. The maximum absolute atomic E-state index is 11.3. The second-order valence-corrected chi connectivity index (χ2v) is 4.59. The monoisotopic (exact) mass is 274 g/mol. The second kappa shape index (κ2) is 4.88. The van der Waals surface area contributed by atoms with Gasteiger partial charge >= 0.3 is 0 Å². The number of rotatable bonds is 3. The molecule has 6 nitrogen and oxygen atoms in total. The third kappa shape index (κ3) is 2.32. The number of aryl methyl sites for hydroxylation is 2. The molecule has 1 aromatic heterocycles. The summed E-state index contributed by atoms with van der Waals surface area (Å²) in [5, 5.41) is 6.62. The van der Waals surface area contributed by atoms with Crippen LogP contribution in [0.4, 0.5) is 5.69 Å². The summed E-state index contributed by atoms with van der Waals surface area (Å²) in [6, 6.07) is 5.32. The van der Waals surface area contributed by atoms with E-state index < -0.39 is 0 Å². The number of anilines is 1. The quantitative estimate of drug-likeness (QED) is 0.928. The minimum atomic E-state index is -0.166. The number of ether oxygens (including phenoxy) is 2. The molecule has 0 aliphatic carbocycles. The van der Waals surface area contributed by atoms with Crippen LogP contribution in [-0.2, 0) is 11.4 Å². The van der Waals surface area contributed by atoms with Gasteiger partial charge in [0.15, 0.2) is 6.61 Å². The fraction of sp³-hybridized carbons (Fsp3) is 0.286. The molecule has 1 aliphatic rings. The Kier molecular flexibility index (Phi) is 3.06. The van der Waals surface area contributed by atoms with Crippen LogP contribution in [0, 0.1) is 13.8 Å². The van der Waals surface area contributed by atoms with Gasteiger partial charge in [0, 0.05) is 6.07 Å². The summed E-state index contributed by atoms with van der Waals surface area (Å²) >= 11 is 0. The van der Waals surface area contributed by atoms with Gasteiger partial charge in [-0.3, -0.25) is 4.79 Å². The fourth-order valence-corrected chi connectivity index (χ4v) is 2.02. The van der Waals surface area contributed by atoms with Gasteiger partial charge in [0.05, 0.1) is 16.9 Å². The molecule has 0 bridgehead atoms. The van der Waals surface area contributed by atoms with Crippen LogP contribution in [0.5, 0.6) is 11.5 Å². The minimum Gasteiger partial charge on any atom is -0.489 e. The highest BCUT2D eigenvalue weighted by atomic mass is 16.5. The van der Waals surface area contributed by atoms with Crippen LogP contribution in [0.25, 0.3) is 0 Å². The first-order valence-corrected chi connectivity index (χ1v) is 6.25. The van der Waals surface area contributed by atoms with Gasteiger partial charge in [0.2, 0.25) is 0 Å². The summed E-state index contributed by atoms with van der Waals surface area (Å²) in [6.07, 6.45) is 0. The highest BCUT2D eigenvalue weighted by Crippen LogP contribution is 2.31. The Morgan fingerprint density at radius 2 is 2.25 bits per heavy atom.